The zero-order valence-corrected chi connectivity index (χ0v) is 10.0. The van der Waals surface area contributed by atoms with Crippen LogP contribution in [0.1, 0.15) is 26.7 Å². The minimum atomic E-state index is -0.439. The maximum atomic E-state index is 11.8. The van der Waals surface area contributed by atoms with E-state index in [1.54, 1.807) is 0 Å². The van der Waals surface area contributed by atoms with Gasteiger partial charge in [0, 0.05) is 26.2 Å². The lowest BCUT2D eigenvalue weighted by atomic mass is 9.93. The molecule has 0 saturated carbocycles. The molecule has 1 fully saturated rings. The van der Waals surface area contributed by atoms with E-state index in [0.717, 1.165) is 39.0 Å². The van der Waals surface area contributed by atoms with Crippen molar-refractivity contribution in [2.24, 2.45) is 0 Å². The Morgan fingerprint density at radius 2 is 2.07 bits per heavy atom. The van der Waals surface area contributed by atoms with E-state index >= 15 is 0 Å². The fourth-order valence-electron chi connectivity index (χ4n) is 2.25. The first-order valence-corrected chi connectivity index (χ1v) is 5.69. The van der Waals surface area contributed by atoms with Gasteiger partial charge in [0.15, 0.2) is 0 Å². The highest BCUT2D eigenvalue weighted by atomic mass is 16.5. The maximum Gasteiger partial charge on any atom is 0.325 e. The van der Waals surface area contributed by atoms with Gasteiger partial charge in [-0.3, -0.25) is 9.69 Å². The van der Waals surface area contributed by atoms with E-state index < -0.39 is 5.54 Å². The molecule has 0 bridgehead atoms. The number of nitrogens with one attached hydrogen (secondary N) is 1. The lowest BCUT2D eigenvalue weighted by Crippen LogP contribution is -2.58. The van der Waals surface area contributed by atoms with Crippen LogP contribution in [0.5, 0.6) is 0 Å². The van der Waals surface area contributed by atoms with Crippen molar-refractivity contribution in [3.63, 3.8) is 0 Å². The van der Waals surface area contributed by atoms with Gasteiger partial charge in [-0.1, -0.05) is 13.3 Å². The number of hydrogen-bond acceptors (Lipinski definition) is 4. The number of rotatable bonds is 4. The Morgan fingerprint density at radius 1 is 1.47 bits per heavy atom. The van der Waals surface area contributed by atoms with Gasteiger partial charge < -0.3 is 10.1 Å². The Morgan fingerprint density at radius 3 is 2.53 bits per heavy atom. The van der Waals surface area contributed by atoms with Gasteiger partial charge in [0.05, 0.1) is 7.11 Å². The van der Waals surface area contributed by atoms with E-state index in [0.29, 0.717) is 0 Å². The van der Waals surface area contributed by atoms with Crippen LogP contribution in [0.15, 0.2) is 0 Å². The molecule has 0 aliphatic carbocycles. The Bertz CT molecular complexity index is 215. The fourth-order valence-corrected chi connectivity index (χ4v) is 2.25. The van der Waals surface area contributed by atoms with Crippen LogP contribution in [-0.4, -0.2) is 49.7 Å². The molecule has 1 unspecified atom stereocenters. The van der Waals surface area contributed by atoms with E-state index in [9.17, 15) is 4.79 Å². The highest BCUT2D eigenvalue weighted by Gasteiger charge is 2.39. The SMILES string of the molecule is CCCC(C)(C(=O)OC)N1CCNCC1. The fraction of sp³-hybridized carbons (Fsp3) is 0.909. The van der Waals surface area contributed by atoms with Crippen molar-refractivity contribution in [2.75, 3.05) is 33.3 Å². The van der Waals surface area contributed by atoms with Gasteiger partial charge in [-0.05, 0) is 13.3 Å². The standard InChI is InChI=1S/C11H22N2O2/c1-4-5-11(2,10(14)15-3)13-8-6-12-7-9-13/h12H,4-9H2,1-3H3. The Labute approximate surface area is 92.0 Å². The van der Waals surface area contributed by atoms with Gasteiger partial charge in [0.2, 0.25) is 0 Å². The first kappa shape index (κ1) is 12.5. The summed E-state index contributed by atoms with van der Waals surface area (Å²) in [6.07, 6.45) is 1.86. The van der Waals surface area contributed by atoms with Crippen LogP contribution in [-0.2, 0) is 9.53 Å². The average molecular weight is 214 g/mol. The summed E-state index contributed by atoms with van der Waals surface area (Å²) in [7, 11) is 1.47. The summed E-state index contributed by atoms with van der Waals surface area (Å²) < 4.78 is 4.92. The van der Waals surface area contributed by atoms with Crippen LogP contribution >= 0.6 is 0 Å². The molecule has 1 N–H and O–H groups in total. The molecular formula is C11H22N2O2. The summed E-state index contributed by atoms with van der Waals surface area (Å²) >= 11 is 0. The number of esters is 1. The summed E-state index contributed by atoms with van der Waals surface area (Å²) in [4.78, 5) is 14.1. The second-order valence-corrected chi connectivity index (χ2v) is 4.25. The minimum Gasteiger partial charge on any atom is -0.468 e. The highest BCUT2D eigenvalue weighted by Crippen LogP contribution is 2.23. The Hall–Kier alpha value is -0.610. The molecule has 1 rings (SSSR count). The highest BCUT2D eigenvalue weighted by molar-refractivity contribution is 5.80. The molecule has 0 radical (unpaired) electrons. The zero-order chi connectivity index (χ0) is 11.3. The van der Waals surface area contributed by atoms with Crippen LogP contribution in [0.25, 0.3) is 0 Å². The second-order valence-electron chi connectivity index (χ2n) is 4.25. The molecule has 4 nitrogen and oxygen atoms in total. The summed E-state index contributed by atoms with van der Waals surface area (Å²) in [5.41, 5.74) is -0.439. The van der Waals surface area contributed by atoms with Crippen molar-refractivity contribution in [1.82, 2.24) is 10.2 Å². The second kappa shape index (κ2) is 5.47. The number of hydrogen-bond donors (Lipinski definition) is 1. The molecule has 1 atom stereocenters. The third kappa shape index (κ3) is 2.69. The zero-order valence-electron chi connectivity index (χ0n) is 10.0. The summed E-state index contributed by atoms with van der Waals surface area (Å²) in [6, 6.07) is 0. The molecule has 0 amide bonds. The average Bonchev–Trinajstić information content (AvgIpc) is 2.29. The Balaban J connectivity index is 2.73. The monoisotopic (exact) mass is 214 g/mol. The third-order valence-electron chi connectivity index (χ3n) is 3.18. The van der Waals surface area contributed by atoms with Crippen LogP contribution < -0.4 is 5.32 Å². The minimum absolute atomic E-state index is 0.105. The first-order valence-electron chi connectivity index (χ1n) is 5.69. The molecule has 1 aliphatic rings. The smallest absolute Gasteiger partial charge is 0.325 e. The molecular weight excluding hydrogens is 192 g/mol. The summed E-state index contributed by atoms with van der Waals surface area (Å²) in [5.74, 6) is -0.105. The third-order valence-corrected chi connectivity index (χ3v) is 3.18. The molecule has 88 valence electrons. The maximum absolute atomic E-state index is 11.8. The van der Waals surface area contributed by atoms with Crippen LogP contribution in [0, 0.1) is 0 Å². The van der Waals surface area contributed by atoms with Crippen molar-refractivity contribution in [2.45, 2.75) is 32.2 Å². The van der Waals surface area contributed by atoms with Gasteiger partial charge in [-0.2, -0.15) is 0 Å². The molecule has 1 heterocycles. The van der Waals surface area contributed by atoms with Crippen molar-refractivity contribution in [1.29, 1.82) is 0 Å². The van der Waals surface area contributed by atoms with Crippen molar-refractivity contribution in [3.05, 3.63) is 0 Å². The van der Waals surface area contributed by atoms with Crippen LogP contribution in [0.2, 0.25) is 0 Å². The molecule has 0 aromatic carbocycles. The molecule has 1 saturated heterocycles. The lowest BCUT2D eigenvalue weighted by molar-refractivity contribution is -0.155. The van der Waals surface area contributed by atoms with Crippen molar-refractivity contribution >= 4 is 5.97 Å². The number of carbonyl (C=O) groups is 1. The van der Waals surface area contributed by atoms with Crippen molar-refractivity contribution < 1.29 is 9.53 Å². The Kier molecular flexibility index (Phi) is 4.54. The molecule has 0 spiro atoms. The van der Waals surface area contributed by atoms with Gasteiger partial charge in [-0.15, -0.1) is 0 Å². The topological polar surface area (TPSA) is 41.6 Å². The molecule has 1 aliphatic heterocycles. The predicted molar refractivity (Wildman–Crippen MR) is 59.8 cm³/mol. The number of carbonyl (C=O) groups excluding carboxylic acids is 1. The normalized spacial score (nSPS) is 22.1. The summed E-state index contributed by atoms with van der Waals surface area (Å²) in [6.45, 7) is 7.85. The number of piperazine rings is 1. The van der Waals surface area contributed by atoms with E-state index in [-0.39, 0.29) is 5.97 Å². The molecule has 15 heavy (non-hydrogen) atoms. The van der Waals surface area contributed by atoms with Gasteiger partial charge in [-0.25, -0.2) is 0 Å². The van der Waals surface area contributed by atoms with E-state index in [4.69, 9.17) is 4.74 Å². The lowest BCUT2D eigenvalue weighted by Gasteiger charge is -2.41. The van der Waals surface area contributed by atoms with Crippen molar-refractivity contribution in [3.8, 4) is 0 Å². The largest absolute Gasteiger partial charge is 0.468 e. The van der Waals surface area contributed by atoms with Crippen LogP contribution in [0.4, 0.5) is 0 Å². The van der Waals surface area contributed by atoms with Gasteiger partial charge in [0.25, 0.3) is 0 Å². The van der Waals surface area contributed by atoms with Crippen LogP contribution in [0.3, 0.4) is 0 Å². The molecule has 0 aromatic heterocycles. The van der Waals surface area contributed by atoms with E-state index in [1.807, 2.05) is 6.92 Å². The van der Waals surface area contributed by atoms with Gasteiger partial charge in [0.1, 0.15) is 5.54 Å². The molecule has 4 heteroatoms. The molecule has 0 aromatic rings. The van der Waals surface area contributed by atoms with Gasteiger partial charge >= 0.3 is 5.97 Å². The quantitative estimate of drug-likeness (QED) is 0.697. The van der Waals surface area contributed by atoms with E-state index in [2.05, 4.69) is 17.1 Å². The van der Waals surface area contributed by atoms with E-state index in [1.165, 1.54) is 7.11 Å². The number of nitrogens with zero attached hydrogens (tertiary/aromatic N) is 1. The first-order chi connectivity index (χ1) is 7.15. The number of methoxy groups -OCH3 is 1. The summed E-state index contributed by atoms with van der Waals surface area (Å²) in [5, 5.41) is 3.29. The predicted octanol–water partition coefficient (Wildman–Crippen LogP) is 0.623. The number of ether oxygens (including phenoxy) is 1.